The summed E-state index contributed by atoms with van der Waals surface area (Å²) >= 11 is 0. The molecular formula is C22H28N2O3. The minimum absolute atomic E-state index is 0.245. The molecule has 1 amide bonds. The second kappa shape index (κ2) is 9.00. The van der Waals surface area contributed by atoms with E-state index in [1.165, 1.54) is 11.1 Å². The molecule has 27 heavy (non-hydrogen) atoms. The van der Waals surface area contributed by atoms with E-state index in [-0.39, 0.29) is 6.04 Å². The van der Waals surface area contributed by atoms with Crippen LogP contribution < -0.4 is 4.74 Å². The molecular weight excluding hydrogens is 340 g/mol. The number of hydrogen-bond donors (Lipinski definition) is 0. The van der Waals surface area contributed by atoms with Crippen LogP contribution in [0.4, 0.5) is 0 Å². The highest BCUT2D eigenvalue weighted by Crippen LogP contribution is 2.22. The summed E-state index contributed by atoms with van der Waals surface area (Å²) in [6.45, 7) is 6.11. The van der Waals surface area contributed by atoms with Gasteiger partial charge in [0, 0.05) is 24.9 Å². The van der Waals surface area contributed by atoms with Crippen LogP contribution in [0.5, 0.6) is 5.75 Å². The minimum atomic E-state index is 0.245. The number of benzene rings is 1. The highest BCUT2D eigenvalue weighted by molar-refractivity contribution is 5.48. The Morgan fingerprint density at radius 1 is 1.26 bits per heavy atom. The number of aromatic nitrogens is 1. The van der Waals surface area contributed by atoms with Gasteiger partial charge in [-0.1, -0.05) is 18.2 Å². The van der Waals surface area contributed by atoms with Crippen molar-refractivity contribution in [1.29, 1.82) is 0 Å². The van der Waals surface area contributed by atoms with Gasteiger partial charge >= 0.3 is 0 Å². The van der Waals surface area contributed by atoms with Gasteiger partial charge in [0.2, 0.25) is 6.41 Å². The Hall–Kier alpha value is -2.40. The van der Waals surface area contributed by atoms with Gasteiger partial charge in [-0.15, -0.1) is 0 Å². The van der Waals surface area contributed by atoms with Crippen molar-refractivity contribution in [2.45, 2.75) is 45.7 Å². The Morgan fingerprint density at radius 3 is 2.74 bits per heavy atom. The molecule has 0 atom stereocenters. The van der Waals surface area contributed by atoms with Crippen LogP contribution >= 0.6 is 0 Å². The Balaban J connectivity index is 1.76. The number of aryl methyl sites for hydroxylation is 2. The van der Waals surface area contributed by atoms with Gasteiger partial charge in [-0.25, -0.2) is 0 Å². The fourth-order valence-corrected chi connectivity index (χ4v) is 3.60. The first kappa shape index (κ1) is 19.4. The Labute approximate surface area is 161 Å². The van der Waals surface area contributed by atoms with Crippen molar-refractivity contribution in [3.63, 3.8) is 0 Å². The summed E-state index contributed by atoms with van der Waals surface area (Å²) in [5, 5.41) is 0. The van der Waals surface area contributed by atoms with Crippen LogP contribution in [-0.4, -0.2) is 42.7 Å². The van der Waals surface area contributed by atoms with E-state index in [0.717, 1.165) is 61.6 Å². The van der Waals surface area contributed by atoms with Gasteiger partial charge in [-0.3, -0.25) is 9.78 Å². The molecule has 5 nitrogen and oxygen atoms in total. The maximum absolute atomic E-state index is 11.6. The van der Waals surface area contributed by atoms with Crippen LogP contribution in [0, 0.1) is 13.8 Å². The number of carbonyl (C=O) groups excluding carboxylic acids is 1. The largest absolute Gasteiger partial charge is 0.497 e. The third-order valence-corrected chi connectivity index (χ3v) is 5.27. The highest BCUT2D eigenvalue weighted by Gasteiger charge is 2.21. The van der Waals surface area contributed by atoms with Crippen LogP contribution in [0.2, 0.25) is 0 Å². The molecule has 1 saturated heterocycles. The lowest BCUT2D eigenvalue weighted by Crippen LogP contribution is -2.38. The molecule has 1 aliphatic heterocycles. The zero-order valence-corrected chi connectivity index (χ0v) is 16.4. The van der Waals surface area contributed by atoms with Gasteiger partial charge in [0.05, 0.1) is 19.3 Å². The van der Waals surface area contributed by atoms with E-state index in [4.69, 9.17) is 14.5 Å². The van der Waals surface area contributed by atoms with E-state index in [9.17, 15) is 4.79 Å². The minimum Gasteiger partial charge on any atom is -0.497 e. The summed E-state index contributed by atoms with van der Waals surface area (Å²) < 4.78 is 10.7. The maximum Gasteiger partial charge on any atom is 0.210 e. The van der Waals surface area contributed by atoms with Crippen LogP contribution in [0.15, 0.2) is 30.3 Å². The molecule has 0 N–H and O–H groups in total. The second-order valence-corrected chi connectivity index (χ2v) is 7.15. The van der Waals surface area contributed by atoms with E-state index in [2.05, 4.69) is 25.1 Å². The summed E-state index contributed by atoms with van der Waals surface area (Å²) in [5.41, 5.74) is 5.51. The summed E-state index contributed by atoms with van der Waals surface area (Å²) in [6.07, 6.45) is 3.56. The topological polar surface area (TPSA) is 51.7 Å². The number of rotatable bonds is 7. The second-order valence-electron chi connectivity index (χ2n) is 7.15. The van der Waals surface area contributed by atoms with Crippen LogP contribution in [0.25, 0.3) is 0 Å². The van der Waals surface area contributed by atoms with Crippen LogP contribution in [0.1, 0.15) is 40.9 Å². The van der Waals surface area contributed by atoms with Gasteiger partial charge in [0.25, 0.3) is 0 Å². The third-order valence-electron chi connectivity index (χ3n) is 5.27. The molecule has 0 saturated carbocycles. The Bertz CT molecular complexity index is 785. The van der Waals surface area contributed by atoms with Gasteiger partial charge in [0.1, 0.15) is 5.75 Å². The van der Waals surface area contributed by atoms with E-state index >= 15 is 0 Å². The molecule has 5 heteroatoms. The van der Waals surface area contributed by atoms with E-state index in [1.54, 1.807) is 7.11 Å². The number of ether oxygens (including phenoxy) is 2. The predicted octanol–water partition coefficient (Wildman–Crippen LogP) is 3.44. The highest BCUT2D eigenvalue weighted by atomic mass is 16.5. The van der Waals surface area contributed by atoms with Gasteiger partial charge in [0.15, 0.2) is 0 Å². The average Bonchev–Trinajstić information content (AvgIpc) is 2.70. The number of hydrogen-bond acceptors (Lipinski definition) is 4. The molecule has 0 bridgehead atoms. The zero-order valence-electron chi connectivity index (χ0n) is 16.4. The molecule has 1 aromatic heterocycles. The third kappa shape index (κ3) is 4.86. The van der Waals surface area contributed by atoms with Gasteiger partial charge < -0.3 is 14.4 Å². The quantitative estimate of drug-likeness (QED) is 0.703. The molecule has 0 unspecified atom stereocenters. The number of methoxy groups -OCH3 is 1. The molecule has 0 aliphatic carbocycles. The van der Waals surface area contributed by atoms with Crippen LogP contribution in [-0.2, 0) is 22.5 Å². The van der Waals surface area contributed by atoms with Crippen molar-refractivity contribution < 1.29 is 14.3 Å². The Morgan fingerprint density at radius 2 is 2.04 bits per heavy atom. The fourth-order valence-electron chi connectivity index (χ4n) is 3.60. The first-order chi connectivity index (χ1) is 13.1. The van der Waals surface area contributed by atoms with Gasteiger partial charge in [-0.2, -0.15) is 0 Å². The monoisotopic (exact) mass is 368 g/mol. The van der Waals surface area contributed by atoms with Crippen molar-refractivity contribution in [1.82, 2.24) is 9.88 Å². The van der Waals surface area contributed by atoms with Crippen molar-refractivity contribution >= 4 is 6.41 Å². The number of nitrogens with zero attached hydrogens (tertiary/aromatic N) is 2. The average molecular weight is 368 g/mol. The van der Waals surface area contributed by atoms with Crippen molar-refractivity contribution in [2.75, 3.05) is 20.3 Å². The summed E-state index contributed by atoms with van der Waals surface area (Å²) in [7, 11) is 1.68. The molecule has 144 valence electrons. The molecule has 0 spiro atoms. The Kier molecular flexibility index (Phi) is 6.45. The molecule has 2 heterocycles. The van der Waals surface area contributed by atoms with E-state index in [0.29, 0.717) is 6.54 Å². The van der Waals surface area contributed by atoms with Crippen LogP contribution in [0.3, 0.4) is 0 Å². The molecule has 1 fully saturated rings. The lowest BCUT2D eigenvalue weighted by atomic mass is 10.0. The molecule has 0 radical (unpaired) electrons. The summed E-state index contributed by atoms with van der Waals surface area (Å²) in [5.74, 6) is 0.865. The molecule has 1 aliphatic rings. The number of carbonyl (C=O) groups is 1. The molecule has 3 rings (SSSR count). The van der Waals surface area contributed by atoms with E-state index < -0.39 is 0 Å². The van der Waals surface area contributed by atoms with E-state index in [1.807, 2.05) is 24.0 Å². The maximum atomic E-state index is 11.6. The molecule has 1 aromatic carbocycles. The van der Waals surface area contributed by atoms with Crippen molar-refractivity contribution in [3.05, 3.63) is 58.4 Å². The normalized spacial score (nSPS) is 14.8. The SMILES string of the molecule is COc1cccc(Cc2cc(C)c(CN(C=O)C3CCOCC3)nc2C)c1. The predicted molar refractivity (Wildman–Crippen MR) is 105 cm³/mol. The summed E-state index contributed by atoms with van der Waals surface area (Å²) in [6, 6.07) is 10.6. The standard InChI is InChI=1S/C22H28N2O3/c1-16-11-19(12-18-5-4-6-21(13-18)26-3)17(2)23-22(16)14-24(15-25)20-7-9-27-10-8-20/h4-6,11,13,15,20H,7-10,12,14H2,1-3H3. The zero-order chi connectivity index (χ0) is 19.2. The first-order valence-corrected chi connectivity index (χ1v) is 9.48. The first-order valence-electron chi connectivity index (χ1n) is 9.48. The number of pyridine rings is 1. The van der Waals surface area contributed by atoms with Gasteiger partial charge in [-0.05, 0) is 61.9 Å². The lowest BCUT2D eigenvalue weighted by molar-refractivity contribution is -0.122. The smallest absolute Gasteiger partial charge is 0.210 e. The number of amides is 1. The fraction of sp³-hybridized carbons (Fsp3) is 0.455. The van der Waals surface area contributed by atoms with Crippen molar-refractivity contribution in [2.24, 2.45) is 0 Å². The summed E-state index contributed by atoms with van der Waals surface area (Å²) in [4.78, 5) is 18.3. The van der Waals surface area contributed by atoms with Crippen molar-refractivity contribution in [3.8, 4) is 5.75 Å². The lowest BCUT2D eigenvalue weighted by Gasteiger charge is -2.31. The molecule has 2 aromatic rings.